The lowest BCUT2D eigenvalue weighted by Gasteiger charge is -2.33. The highest BCUT2D eigenvalue weighted by Gasteiger charge is 2.30. The number of likely N-dealkylation sites (tertiary alicyclic amines) is 1. The van der Waals surface area contributed by atoms with Gasteiger partial charge in [0.15, 0.2) is 17.1 Å². The Kier molecular flexibility index (Phi) is 10.6. The van der Waals surface area contributed by atoms with Crippen molar-refractivity contribution in [3.05, 3.63) is 133 Å². The van der Waals surface area contributed by atoms with Gasteiger partial charge in [0, 0.05) is 52.5 Å². The van der Waals surface area contributed by atoms with Gasteiger partial charge in [-0.25, -0.2) is 19.6 Å². The third kappa shape index (κ3) is 7.33. The molecule has 0 aliphatic carbocycles. The van der Waals surface area contributed by atoms with Crippen molar-refractivity contribution in [2.45, 2.75) is 25.4 Å². The minimum atomic E-state index is -0.302. The number of nitrogen functional groups attached to an aromatic ring is 1. The number of rotatable bonds is 13. The third-order valence-electron chi connectivity index (χ3n) is 11.1. The van der Waals surface area contributed by atoms with E-state index < -0.39 is 0 Å². The Morgan fingerprint density at radius 3 is 2.35 bits per heavy atom. The zero-order chi connectivity index (χ0) is 42.9. The second-order valence-corrected chi connectivity index (χ2v) is 14.9. The summed E-state index contributed by atoms with van der Waals surface area (Å²) >= 11 is 0. The maximum atomic E-state index is 14.2. The van der Waals surface area contributed by atoms with Crippen molar-refractivity contribution < 1.29 is 28.5 Å². The zero-order valence-corrected chi connectivity index (χ0v) is 34.4. The summed E-state index contributed by atoms with van der Waals surface area (Å²) in [7, 11) is 4.50. The number of benzene rings is 4. The number of aromatic amines is 1. The normalized spacial score (nSPS) is 13.9. The van der Waals surface area contributed by atoms with E-state index in [1.165, 1.54) is 33.9 Å². The quantitative estimate of drug-likeness (QED) is 0.0853. The van der Waals surface area contributed by atoms with Crippen LogP contribution >= 0.6 is 0 Å². The summed E-state index contributed by atoms with van der Waals surface area (Å²) in [5, 5.41) is 6.62. The fraction of sp³-hybridized carbons (Fsp3) is 0.191. The molecule has 0 saturated carbocycles. The lowest BCUT2D eigenvalue weighted by Crippen LogP contribution is -2.42. The largest absolute Gasteiger partial charge is 0.493 e. The number of carbonyl (C=O) groups excluding carboxylic acids is 2. The maximum Gasteiger partial charge on any atom is 0.251 e. The number of piperidine rings is 1. The number of methoxy groups -OCH3 is 3. The number of H-pyrrole nitrogens is 1. The van der Waals surface area contributed by atoms with Crippen LogP contribution in [0.3, 0.4) is 0 Å². The van der Waals surface area contributed by atoms with Crippen molar-refractivity contribution in [3.8, 4) is 51.4 Å². The van der Waals surface area contributed by atoms with Gasteiger partial charge in [-0.1, -0.05) is 43.0 Å². The van der Waals surface area contributed by atoms with Gasteiger partial charge in [-0.3, -0.25) is 9.59 Å². The Hall–Kier alpha value is -7.94. The number of fused-ring (bicyclic) bond motifs is 2. The first kappa shape index (κ1) is 39.5. The van der Waals surface area contributed by atoms with Gasteiger partial charge in [-0.2, -0.15) is 5.10 Å². The van der Waals surface area contributed by atoms with E-state index >= 15 is 0 Å². The molecule has 15 nitrogen and oxygen atoms in total. The highest BCUT2D eigenvalue weighted by Crippen LogP contribution is 2.39. The number of amides is 1. The second-order valence-electron chi connectivity index (χ2n) is 14.9. The van der Waals surface area contributed by atoms with E-state index in [2.05, 4.69) is 26.5 Å². The Balaban J connectivity index is 0.934. The second kappa shape index (κ2) is 16.6. The highest BCUT2D eigenvalue weighted by molar-refractivity contribution is 6.09. The number of carbonyl (C=O) groups is 2. The molecule has 4 aromatic carbocycles. The first-order valence-electron chi connectivity index (χ1n) is 20.0. The van der Waals surface area contributed by atoms with Crippen LogP contribution in [0.5, 0.6) is 28.7 Å². The third-order valence-corrected chi connectivity index (χ3v) is 11.1. The number of nitrogens with zero attached hydrogens (tertiary/aromatic N) is 7. The van der Waals surface area contributed by atoms with Gasteiger partial charge < -0.3 is 39.1 Å². The minimum Gasteiger partial charge on any atom is -0.493 e. The van der Waals surface area contributed by atoms with Gasteiger partial charge >= 0.3 is 0 Å². The van der Waals surface area contributed by atoms with E-state index in [1.807, 2.05) is 99.2 Å². The van der Waals surface area contributed by atoms with Crippen molar-refractivity contribution in [2.24, 2.45) is 0 Å². The van der Waals surface area contributed by atoms with Crippen molar-refractivity contribution in [3.63, 3.8) is 0 Å². The predicted molar refractivity (Wildman–Crippen MR) is 235 cm³/mol. The Morgan fingerprint density at radius 2 is 1.61 bits per heavy atom. The standard InChI is InChI=1S/C47H43N9O6/c1-28(24-55-26-35(34-14-8-9-15-37(34)55)45-49-23-36(52-45)42(57)30-21-38(59-2)43(61-4)39(22-30)60-3)47(58)54-20-10-11-31(25-54)56-46-40(44(48)50-27-51-46)41(53-56)29-16-18-33(19-17-29)62-32-12-6-5-7-13-32/h5-9,12-19,21-23,26-27,31H,1,10-11,20,24-25H2,2-4H3,(H,49,52)(H2,48,50,51). The topological polar surface area (TPSA) is 178 Å². The number of imidazole rings is 1. The molecule has 0 radical (unpaired) electrons. The molecule has 4 aromatic heterocycles. The van der Waals surface area contributed by atoms with Crippen LogP contribution in [0.1, 0.15) is 34.9 Å². The predicted octanol–water partition coefficient (Wildman–Crippen LogP) is 7.89. The molecular formula is C47H43N9O6. The summed E-state index contributed by atoms with van der Waals surface area (Å²) < 4.78 is 26.2. The number of anilines is 1. The average Bonchev–Trinajstić information content (AvgIpc) is 4.06. The fourth-order valence-corrected chi connectivity index (χ4v) is 8.10. The van der Waals surface area contributed by atoms with Crippen LogP contribution in [0.2, 0.25) is 0 Å². The van der Waals surface area contributed by atoms with Crippen molar-refractivity contribution >= 4 is 39.4 Å². The number of nitrogens with one attached hydrogen (secondary N) is 1. The number of ketones is 1. The van der Waals surface area contributed by atoms with Crippen molar-refractivity contribution in [1.82, 2.24) is 39.2 Å². The average molecular weight is 830 g/mol. The lowest BCUT2D eigenvalue weighted by atomic mass is 10.0. The number of para-hydroxylation sites is 2. The van der Waals surface area contributed by atoms with E-state index in [0.29, 0.717) is 75.6 Å². The summed E-state index contributed by atoms with van der Waals surface area (Å²) in [4.78, 5) is 46.4. The van der Waals surface area contributed by atoms with E-state index in [0.717, 1.165) is 40.6 Å². The monoisotopic (exact) mass is 829 g/mol. The number of ether oxygens (including phenoxy) is 4. The summed E-state index contributed by atoms with van der Waals surface area (Å²) in [5.41, 5.74) is 11.2. The van der Waals surface area contributed by atoms with Crippen LogP contribution in [0, 0.1) is 0 Å². The molecule has 1 atom stereocenters. The van der Waals surface area contributed by atoms with Crippen molar-refractivity contribution in [1.29, 1.82) is 0 Å². The first-order valence-corrected chi connectivity index (χ1v) is 20.0. The van der Waals surface area contributed by atoms with Gasteiger partial charge in [-0.15, -0.1) is 0 Å². The van der Waals surface area contributed by atoms with Crippen LogP contribution < -0.4 is 24.7 Å². The summed E-state index contributed by atoms with van der Waals surface area (Å²) in [6.07, 6.45) is 6.43. The summed E-state index contributed by atoms with van der Waals surface area (Å²) in [6, 6.07) is 28.1. The van der Waals surface area contributed by atoms with Gasteiger partial charge in [0.2, 0.25) is 11.5 Å². The molecule has 1 unspecified atom stereocenters. The van der Waals surface area contributed by atoms with Gasteiger partial charge in [0.25, 0.3) is 5.91 Å². The summed E-state index contributed by atoms with van der Waals surface area (Å²) in [6.45, 7) is 5.50. The van der Waals surface area contributed by atoms with E-state index in [9.17, 15) is 9.59 Å². The van der Waals surface area contributed by atoms with Crippen molar-refractivity contribution in [2.75, 3.05) is 40.2 Å². The smallest absolute Gasteiger partial charge is 0.251 e. The van der Waals surface area contributed by atoms with E-state index in [1.54, 1.807) is 12.1 Å². The van der Waals surface area contributed by atoms with Gasteiger partial charge in [0.05, 0.1) is 45.5 Å². The van der Waals surface area contributed by atoms with Gasteiger partial charge in [-0.05, 0) is 67.4 Å². The maximum absolute atomic E-state index is 14.2. The Morgan fingerprint density at radius 1 is 0.887 bits per heavy atom. The Bertz CT molecular complexity index is 2950. The lowest BCUT2D eigenvalue weighted by molar-refractivity contribution is -0.129. The SMILES string of the molecule is C=C(Cn1cc(-c2ncc(C(=O)c3cc(OC)c(OC)c(OC)c3)[nH]2)c2ccccc21)C(=O)N1CCCC(n2nc(-c3ccc(Oc4ccccc4)cc3)c3c(N)ncnc32)C1. The molecule has 62 heavy (non-hydrogen) atoms. The zero-order valence-electron chi connectivity index (χ0n) is 34.4. The van der Waals surface area contributed by atoms with Crippen LogP contribution in [0.4, 0.5) is 5.82 Å². The number of nitrogens with two attached hydrogens (primary N) is 1. The molecule has 312 valence electrons. The van der Waals surface area contributed by atoms with Crippen LogP contribution in [0.15, 0.2) is 122 Å². The number of hydrogen-bond acceptors (Lipinski definition) is 11. The Labute approximate surface area is 356 Å². The molecule has 1 amide bonds. The van der Waals surface area contributed by atoms with E-state index in [-0.39, 0.29) is 30.0 Å². The molecule has 0 bridgehead atoms. The molecule has 1 aliphatic rings. The van der Waals surface area contributed by atoms with Crippen LogP contribution in [-0.4, -0.2) is 85.3 Å². The molecule has 8 aromatic rings. The molecule has 1 fully saturated rings. The molecule has 5 heterocycles. The van der Waals surface area contributed by atoms with E-state index in [4.69, 9.17) is 29.8 Å². The first-order chi connectivity index (χ1) is 30.2. The highest BCUT2D eigenvalue weighted by atomic mass is 16.5. The molecule has 3 N–H and O–H groups in total. The molecule has 0 spiro atoms. The number of hydrogen-bond donors (Lipinski definition) is 2. The van der Waals surface area contributed by atoms with Crippen LogP contribution in [0.25, 0.3) is 44.6 Å². The van der Waals surface area contributed by atoms with Crippen LogP contribution in [-0.2, 0) is 11.3 Å². The molecule has 9 rings (SSSR count). The molecule has 15 heteroatoms. The molecule has 1 saturated heterocycles. The number of aromatic nitrogens is 7. The fourth-order valence-electron chi connectivity index (χ4n) is 8.10. The molecular weight excluding hydrogens is 787 g/mol. The summed E-state index contributed by atoms with van der Waals surface area (Å²) in [5.74, 6) is 2.92. The minimum absolute atomic E-state index is 0.148. The van der Waals surface area contributed by atoms with Gasteiger partial charge in [0.1, 0.15) is 40.9 Å². The molecule has 1 aliphatic heterocycles.